The largest absolute Gasteiger partial charge is 0.382 e. The summed E-state index contributed by atoms with van der Waals surface area (Å²) < 4.78 is 15.2. The monoisotopic (exact) mass is 320 g/mol. The molecule has 0 saturated carbocycles. The third kappa shape index (κ3) is 11.8. The topological polar surface area (TPSA) is 27.7 Å². The molecule has 3 heteroatoms. The highest BCUT2D eigenvalue weighted by Crippen LogP contribution is 2.16. The summed E-state index contributed by atoms with van der Waals surface area (Å²) in [6, 6.07) is 8.30. The molecule has 0 heterocycles. The number of methoxy groups -OCH3 is 1. The zero-order valence-corrected chi connectivity index (χ0v) is 15.4. The van der Waals surface area contributed by atoms with Gasteiger partial charge in [-0.3, -0.25) is 0 Å². The van der Waals surface area contributed by atoms with Crippen LogP contribution in [0.2, 0.25) is 0 Å². The summed E-state index contributed by atoms with van der Waals surface area (Å²) in [6.07, 6.45) is 0.293. The Bertz CT molecular complexity index is 413. The Balaban J connectivity index is 0.000000423. The predicted molar refractivity (Wildman–Crippen MR) is 99.6 cm³/mol. The maximum absolute atomic E-state index is 5.26. The number of ether oxygens (including phenoxy) is 3. The number of benzene rings is 1. The predicted octanol–water partition coefficient (Wildman–Crippen LogP) is 4.83. The average Bonchev–Trinajstić information content (AvgIpc) is 2.51. The fraction of sp³-hybridized carbons (Fsp3) is 0.500. The fourth-order valence-electron chi connectivity index (χ4n) is 1.63. The molecule has 0 aliphatic rings. The molecule has 23 heavy (non-hydrogen) atoms. The molecule has 1 aromatic rings. The van der Waals surface area contributed by atoms with Gasteiger partial charge in [0.25, 0.3) is 0 Å². The highest BCUT2D eigenvalue weighted by Gasteiger charge is 1.94. The van der Waals surface area contributed by atoms with Crippen molar-refractivity contribution < 1.29 is 14.2 Å². The number of allylic oxidation sites excluding steroid dienone is 2. The summed E-state index contributed by atoms with van der Waals surface area (Å²) in [4.78, 5) is 0. The zero-order chi connectivity index (χ0) is 17.7. The molecule has 1 rings (SSSR count). The second-order valence-electron chi connectivity index (χ2n) is 5.66. The SMILES string of the molecule is C=C(C)c1ccc(C(=C)C)cc1.COCCOCCOC(C)C. The van der Waals surface area contributed by atoms with Crippen LogP contribution >= 0.6 is 0 Å². The first kappa shape index (κ1) is 21.6. The minimum atomic E-state index is 0.293. The van der Waals surface area contributed by atoms with E-state index >= 15 is 0 Å². The van der Waals surface area contributed by atoms with E-state index in [2.05, 4.69) is 37.4 Å². The van der Waals surface area contributed by atoms with Gasteiger partial charge in [-0.25, -0.2) is 0 Å². The van der Waals surface area contributed by atoms with Crippen LogP contribution in [0.25, 0.3) is 11.1 Å². The first-order chi connectivity index (χ1) is 10.9. The van der Waals surface area contributed by atoms with Gasteiger partial charge in [0.15, 0.2) is 0 Å². The van der Waals surface area contributed by atoms with E-state index in [9.17, 15) is 0 Å². The van der Waals surface area contributed by atoms with E-state index in [4.69, 9.17) is 14.2 Å². The van der Waals surface area contributed by atoms with E-state index in [0.717, 1.165) is 11.1 Å². The Hall–Kier alpha value is -1.42. The van der Waals surface area contributed by atoms with Crippen LogP contribution in [0.5, 0.6) is 0 Å². The maximum atomic E-state index is 5.26. The van der Waals surface area contributed by atoms with Crippen molar-refractivity contribution in [2.45, 2.75) is 33.8 Å². The molecule has 3 nitrogen and oxygen atoms in total. The van der Waals surface area contributed by atoms with Crippen molar-refractivity contribution in [2.24, 2.45) is 0 Å². The first-order valence-electron chi connectivity index (χ1n) is 7.98. The molecule has 0 atom stereocenters. The van der Waals surface area contributed by atoms with Crippen LogP contribution < -0.4 is 0 Å². The molecule has 1 aromatic carbocycles. The second-order valence-corrected chi connectivity index (χ2v) is 5.66. The van der Waals surface area contributed by atoms with Crippen LogP contribution in [0.1, 0.15) is 38.8 Å². The van der Waals surface area contributed by atoms with Gasteiger partial charge >= 0.3 is 0 Å². The van der Waals surface area contributed by atoms with Crippen molar-refractivity contribution in [2.75, 3.05) is 33.5 Å². The summed E-state index contributed by atoms with van der Waals surface area (Å²) in [7, 11) is 1.66. The Morgan fingerprint density at radius 2 is 1.30 bits per heavy atom. The third-order valence-electron chi connectivity index (χ3n) is 2.98. The molecule has 0 spiro atoms. The molecular formula is C20H32O3. The fourth-order valence-corrected chi connectivity index (χ4v) is 1.63. The number of hydrogen-bond acceptors (Lipinski definition) is 3. The van der Waals surface area contributed by atoms with E-state index in [1.807, 2.05) is 27.7 Å². The van der Waals surface area contributed by atoms with E-state index in [1.54, 1.807) is 7.11 Å². The number of hydrogen-bond donors (Lipinski definition) is 0. The molecule has 0 aliphatic carbocycles. The van der Waals surface area contributed by atoms with E-state index in [1.165, 1.54) is 11.1 Å². The Kier molecular flexibility index (Phi) is 12.3. The van der Waals surface area contributed by atoms with Gasteiger partial charge in [0.1, 0.15) is 0 Å². The minimum Gasteiger partial charge on any atom is -0.382 e. The lowest BCUT2D eigenvalue weighted by Gasteiger charge is -2.07. The highest BCUT2D eigenvalue weighted by atomic mass is 16.5. The van der Waals surface area contributed by atoms with Gasteiger partial charge in [-0.15, -0.1) is 0 Å². The van der Waals surface area contributed by atoms with Crippen molar-refractivity contribution >= 4 is 11.1 Å². The molecule has 0 saturated heterocycles. The molecule has 0 fully saturated rings. The summed E-state index contributed by atoms with van der Waals surface area (Å²) in [6.45, 7) is 18.4. The second kappa shape index (κ2) is 13.1. The highest BCUT2D eigenvalue weighted by molar-refractivity contribution is 5.66. The summed E-state index contributed by atoms with van der Waals surface area (Å²) in [5, 5.41) is 0. The van der Waals surface area contributed by atoms with Gasteiger partial charge in [-0.1, -0.05) is 48.6 Å². The Morgan fingerprint density at radius 3 is 1.65 bits per heavy atom. The maximum Gasteiger partial charge on any atom is 0.0703 e. The van der Waals surface area contributed by atoms with Crippen LogP contribution in [0.15, 0.2) is 37.4 Å². The van der Waals surface area contributed by atoms with Crippen LogP contribution in [-0.2, 0) is 14.2 Å². The molecule has 0 aliphatic heterocycles. The normalized spacial score (nSPS) is 10.2. The van der Waals surface area contributed by atoms with Gasteiger partial charge in [-0.2, -0.15) is 0 Å². The quantitative estimate of drug-likeness (QED) is 0.610. The van der Waals surface area contributed by atoms with Crippen molar-refractivity contribution in [3.8, 4) is 0 Å². The van der Waals surface area contributed by atoms with Crippen LogP contribution in [0.4, 0.5) is 0 Å². The zero-order valence-electron chi connectivity index (χ0n) is 15.4. The summed E-state index contributed by atoms with van der Waals surface area (Å²) in [5.41, 5.74) is 4.59. The average molecular weight is 320 g/mol. The van der Waals surface area contributed by atoms with Crippen LogP contribution in [0.3, 0.4) is 0 Å². The van der Waals surface area contributed by atoms with Gasteiger partial charge in [0, 0.05) is 7.11 Å². The molecule has 0 unspecified atom stereocenters. The molecule has 0 amide bonds. The standard InChI is InChI=1S/C12H14.C8H18O3/c1-9(2)11-5-7-12(8-6-11)10(3)4;1-8(2)11-7-6-10-5-4-9-3/h5-8H,1,3H2,2,4H3;8H,4-7H2,1-3H3. The summed E-state index contributed by atoms with van der Waals surface area (Å²) >= 11 is 0. The smallest absolute Gasteiger partial charge is 0.0703 e. The summed E-state index contributed by atoms with van der Waals surface area (Å²) in [5.74, 6) is 0. The molecule has 0 radical (unpaired) electrons. The van der Waals surface area contributed by atoms with Crippen LogP contribution in [0, 0.1) is 0 Å². The van der Waals surface area contributed by atoms with Crippen molar-refractivity contribution in [3.05, 3.63) is 48.6 Å². The molecule has 0 bridgehead atoms. The lowest BCUT2D eigenvalue weighted by atomic mass is 10.0. The lowest BCUT2D eigenvalue weighted by molar-refractivity contribution is 0.00514. The minimum absolute atomic E-state index is 0.293. The van der Waals surface area contributed by atoms with Gasteiger partial charge in [0.05, 0.1) is 32.5 Å². The Morgan fingerprint density at radius 1 is 0.870 bits per heavy atom. The van der Waals surface area contributed by atoms with Gasteiger partial charge in [0.2, 0.25) is 0 Å². The molecule has 130 valence electrons. The molecule has 0 N–H and O–H groups in total. The number of rotatable bonds is 9. The molecular weight excluding hydrogens is 288 g/mol. The van der Waals surface area contributed by atoms with E-state index < -0.39 is 0 Å². The lowest BCUT2D eigenvalue weighted by Crippen LogP contribution is -2.11. The van der Waals surface area contributed by atoms with Gasteiger partial charge < -0.3 is 14.2 Å². The van der Waals surface area contributed by atoms with Gasteiger partial charge in [-0.05, 0) is 38.8 Å². The third-order valence-corrected chi connectivity index (χ3v) is 2.98. The van der Waals surface area contributed by atoms with E-state index in [0.29, 0.717) is 32.5 Å². The van der Waals surface area contributed by atoms with E-state index in [-0.39, 0.29) is 0 Å². The van der Waals surface area contributed by atoms with Crippen molar-refractivity contribution in [1.29, 1.82) is 0 Å². The first-order valence-corrected chi connectivity index (χ1v) is 7.98. The molecule has 0 aromatic heterocycles. The van der Waals surface area contributed by atoms with Crippen LogP contribution in [-0.4, -0.2) is 39.6 Å². The van der Waals surface area contributed by atoms with Crippen molar-refractivity contribution in [3.63, 3.8) is 0 Å². The Labute approximate surface area is 142 Å². The van der Waals surface area contributed by atoms with Crippen molar-refractivity contribution in [1.82, 2.24) is 0 Å².